The highest BCUT2D eigenvalue weighted by Crippen LogP contribution is 2.30. The third-order valence-corrected chi connectivity index (χ3v) is 5.60. The molecule has 1 unspecified atom stereocenters. The van der Waals surface area contributed by atoms with Gasteiger partial charge >= 0.3 is 12.1 Å². The highest BCUT2D eigenvalue weighted by Gasteiger charge is 2.33. The maximum absolute atomic E-state index is 12.7. The molecular formula is C25H38N2O5. The zero-order chi connectivity index (χ0) is 24.3. The molecule has 0 aliphatic carbocycles. The van der Waals surface area contributed by atoms with Crippen LogP contribution in [0, 0.1) is 12.3 Å². The smallest absolute Gasteiger partial charge is 0.410 e. The molecule has 2 rings (SSSR count). The number of ether oxygens (including phenoxy) is 2. The first kappa shape index (κ1) is 25.7. The second-order valence-electron chi connectivity index (χ2n) is 10.5. The Kier molecular flexibility index (Phi) is 7.97. The lowest BCUT2D eigenvalue weighted by Crippen LogP contribution is -2.40. The van der Waals surface area contributed by atoms with Gasteiger partial charge in [-0.2, -0.15) is 0 Å². The Morgan fingerprint density at radius 3 is 2.34 bits per heavy atom. The van der Waals surface area contributed by atoms with Crippen LogP contribution in [0.4, 0.5) is 10.5 Å². The van der Waals surface area contributed by atoms with E-state index in [2.05, 4.69) is 5.32 Å². The van der Waals surface area contributed by atoms with E-state index >= 15 is 0 Å². The van der Waals surface area contributed by atoms with E-state index in [1.807, 2.05) is 54.5 Å². The average Bonchev–Trinajstić information content (AvgIpc) is 3.14. The number of nitrogens with zero attached hydrogens (tertiary/aromatic N) is 1. The normalized spacial score (nSPS) is 16.6. The van der Waals surface area contributed by atoms with Crippen LogP contribution in [0.25, 0.3) is 0 Å². The van der Waals surface area contributed by atoms with Crippen molar-refractivity contribution in [3.8, 4) is 0 Å². The van der Waals surface area contributed by atoms with Crippen LogP contribution in [0.1, 0.15) is 82.3 Å². The third kappa shape index (κ3) is 6.47. The van der Waals surface area contributed by atoms with Crippen LogP contribution >= 0.6 is 0 Å². The Labute approximate surface area is 191 Å². The number of amides is 2. The predicted molar refractivity (Wildman–Crippen MR) is 125 cm³/mol. The molecule has 178 valence electrons. The van der Waals surface area contributed by atoms with Gasteiger partial charge in [0.25, 0.3) is 0 Å². The molecule has 0 bridgehead atoms. The van der Waals surface area contributed by atoms with Gasteiger partial charge in [0.1, 0.15) is 5.60 Å². The van der Waals surface area contributed by atoms with E-state index in [9.17, 15) is 14.4 Å². The highest BCUT2D eigenvalue weighted by atomic mass is 16.6. The fourth-order valence-electron chi connectivity index (χ4n) is 3.83. The number of benzene rings is 1. The first-order chi connectivity index (χ1) is 14.7. The van der Waals surface area contributed by atoms with Crippen molar-refractivity contribution in [1.29, 1.82) is 0 Å². The van der Waals surface area contributed by atoms with Gasteiger partial charge < -0.3 is 19.7 Å². The van der Waals surface area contributed by atoms with Gasteiger partial charge in [0.2, 0.25) is 5.91 Å². The van der Waals surface area contributed by atoms with E-state index in [0.717, 1.165) is 24.0 Å². The van der Waals surface area contributed by atoms with Crippen molar-refractivity contribution in [3.63, 3.8) is 0 Å². The van der Waals surface area contributed by atoms with Crippen LogP contribution in [-0.2, 0) is 20.7 Å². The van der Waals surface area contributed by atoms with E-state index in [1.165, 1.54) is 7.11 Å². The molecule has 1 N–H and O–H groups in total. The van der Waals surface area contributed by atoms with Crippen molar-refractivity contribution < 1.29 is 23.9 Å². The molecule has 1 aromatic rings. The Morgan fingerprint density at radius 2 is 1.78 bits per heavy atom. The Morgan fingerprint density at radius 1 is 1.12 bits per heavy atom. The summed E-state index contributed by atoms with van der Waals surface area (Å²) >= 11 is 0. The number of carbonyl (C=O) groups excluding carboxylic acids is 3. The Balaban J connectivity index is 2.28. The van der Waals surface area contributed by atoms with Crippen LogP contribution in [0.5, 0.6) is 0 Å². The number of carbonyl (C=O) groups is 3. The number of aryl methyl sites for hydroxylation is 1. The molecular weight excluding hydrogens is 408 g/mol. The van der Waals surface area contributed by atoms with Crippen molar-refractivity contribution >= 4 is 23.7 Å². The van der Waals surface area contributed by atoms with Crippen LogP contribution in [-0.4, -0.2) is 48.2 Å². The summed E-state index contributed by atoms with van der Waals surface area (Å²) in [6, 6.07) is 3.69. The molecule has 0 saturated carbocycles. The summed E-state index contributed by atoms with van der Waals surface area (Å²) in [6.45, 7) is 13.7. The van der Waals surface area contributed by atoms with E-state index in [4.69, 9.17) is 9.47 Å². The van der Waals surface area contributed by atoms with E-state index in [0.29, 0.717) is 30.6 Å². The summed E-state index contributed by atoms with van der Waals surface area (Å²) in [5.41, 5.74) is 1.47. The van der Waals surface area contributed by atoms with Gasteiger partial charge in [-0.05, 0) is 70.6 Å². The van der Waals surface area contributed by atoms with Crippen LogP contribution in [0.3, 0.4) is 0 Å². The number of esters is 1. The topological polar surface area (TPSA) is 84.9 Å². The molecule has 7 nitrogen and oxygen atoms in total. The lowest BCUT2D eigenvalue weighted by atomic mass is 9.92. The number of anilines is 1. The second-order valence-corrected chi connectivity index (χ2v) is 10.5. The van der Waals surface area contributed by atoms with Gasteiger partial charge in [0.05, 0.1) is 18.4 Å². The molecule has 0 spiro atoms. The molecule has 1 atom stereocenters. The molecule has 7 heteroatoms. The van der Waals surface area contributed by atoms with Crippen molar-refractivity contribution in [2.45, 2.75) is 85.8 Å². The number of hydrogen-bond donors (Lipinski definition) is 1. The number of nitrogens with one attached hydrogen (secondary N) is 1. The molecule has 1 heterocycles. The van der Waals surface area contributed by atoms with E-state index < -0.39 is 17.0 Å². The monoisotopic (exact) mass is 446 g/mol. The Bertz CT molecular complexity index is 864. The van der Waals surface area contributed by atoms with E-state index in [1.54, 1.807) is 11.0 Å². The lowest BCUT2D eigenvalue weighted by molar-refractivity contribution is -0.123. The maximum atomic E-state index is 12.7. The van der Waals surface area contributed by atoms with Gasteiger partial charge in [0, 0.05) is 18.0 Å². The fourth-order valence-corrected chi connectivity index (χ4v) is 3.83. The standard InChI is InChI=1S/C25H38N2O5/c1-16-11-14-19(26-22(29)24(2,3)4)20(21(28)31-8)18(16)13-12-17-10-9-15-27(17)23(30)32-25(5,6)7/h11,14,17H,9-10,12-13,15H2,1-8H3,(H,26,29). The third-order valence-electron chi connectivity index (χ3n) is 5.60. The highest BCUT2D eigenvalue weighted by molar-refractivity contribution is 6.03. The van der Waals surface area contributed by atoms with Gasteiger partial charge in [-0.3, -0.25) is 4.79 Å². The van der Waals surface area contributed by atoms with Gasteiger partial charge in [-0.25, -0.2) is 9.59 Å². The van der Waals surface area contributed by atoms with Gasteiger partial charge in [-0.1, -0.05) is 26.8 Å². The Hall–Kier alpha value is -2.57. The van der Waals surface area contributed by atoms with E-state index in [-0.39, 0.29) is 18.0 Å². The minimum absolute atomic E-state index is 0.0440. The quantitative estimate of drug-likeness (QED) is 0.636. The minimum atomic E-state index is -0.601. The molecule has 2 amide bonds. The maximum Gasteiger partial charge on any atom is 0.410 e. The summed E-state index contributed by atoms with van der Waals surface area (Å²) in [6.07, 6.45) is 2.80. The zero-order valence-corrected chi connectivity index (χ0v) is 20.8. The number of likely N-dealkylation sites (tertiary alicyclic amines) is 1. The van der Waals surface area contributed by atoms with Crippen LogP contribution in [0.2, 0.25) is 0 Å². The SMILES string of the molecule is COC(=O)c1c(NC(=O)C(C)(C)C)ccc(C)c1CCC1CCCN1C(=O)OC(C)(C)C. The average molecular weight is 447 g/mol. The summed E-state index contributed by atoms with van der Waals surface area (Å²) in [5.74, 6) is -0.660. The first-order valence-corrected chi connectivity index (χ1v) is 11.3. The lowest BCUT2D eigenvalue weighted by Gasteiger charge is -2.29. The summed E-state index contributed by atoms with van der Waals surface area (Å²) < 4.78 is 10.6. The summed E-state index contributed by atoms with van der Waals surface area (Å²) in [5, 5.41) is 2.89. The molecule has 32 heavy (non-hydrogen) atoms. The van der Waals surface area contributed by atoms with Gasteiger partial charge in [0.15, 0.2) is 0 Å². The molecule has 1 aliphatic heterocycles. The van der Waals surface area contributed by atoms with Crippen molar-refractivity contribution in [2.75, 3.05) is 19.0 Å². The minimum Gasteiger partial charge on any atom is -0.465 e. The predicted octanol–water partition coefficient (Wildman–Crippen LogP) is 5.10. The summed E-state index contributed by atoms with van der Waals surface area (Å²) in [7, 11) is 1.34. The number of hydrogen-bond acceptors (Lipinski definition) is 5. The molecule has 1 aliphatic rings. The number of methoxy groups -OCH3 is 1. The molecule has 1 saturated heterocycles. The summed E-state index contributed by atoms with van der Waals surface area (Å²) in [4.78, 5) is 39.7. The van der Waals surface area contributed by atoms with Crippen molar-refractivity contribution in [1.82, 2.24) is 4.90 Å². The van der Waals surface area contributed by atoms with Crippen molar-refractivity contribution in [3.05, 3.63) is 28.8 Å². The fraction of sp³-hybridized carbons (Fsp3) is 0.640. The molecule has 1 aromatic carbocycles. The van der Waals surface area contributed by atoms with Crippen LogP contribution in [0.15, 0.2) is 12.1 Å². The van der Waals surface area contributed by atoms with Gasteiger partial charge in [-0.15, -0.1) is 0 Å². The van der Waals surface area contributed by atoms with Crippen molar-refractivity contribution in [2.24, 2.45) is 5.41 Å². The first-order valence-electron chi connectivity index (χ1n) is 11.3. The molecule has 0 radical (unpaired) electrons. The largest absolute Gasteiger partial charge is 0.465 e. The number of rotatable bonds is 5. The molecule has 0 aromatic heterocycles. The van der Waals surface area contributed by atoms with Crippen LogP contribution < -0.4 is 5.32 Å². The zero-order valence-electron chi connectivity index (χ0n) is 20.8. The second kappa shape index (κ2) is 9.92. The molecule has 1 fully saturated rings.